The van der Waals surface area contributed by atoms with Gasteiger partial charge in [-0.2, -0.15) is 0 Å². The molecule has 2 nitrogen and oxygen atoms in total. The molecule has 0 atom stereocenters. The summed E-state index contributed by atoms with van der Waals surface area (Å²) in [4.78, 5) is 11.1. The Morgan fingerprint density at radius 3 is 2.17 bits per heavy atom. The number of carboxylic acids is 1. The predicted octanol–water partition coefficient (Wildman–Crippen LogP) is 4.67. The van der Waals surface area contributed by atoms with Crippen LogP contribution in [-0.4, -0.2) is 11.1 Å². The molecule has 0 aliphatic heterocycles. The first kappa shape index (κ1) is 12.9. The average Bonchev–Trinajstić information content (AvgIpc) is 2.27. The van der Waals surface area contributed by atoms with Crippen LogP contribution in [0.1, 0.15) is 15.9 Å². The van der Waals surface area contributed by atoms with Crippen LogP contribution in [0.15, 0.2) is 36.4 Å². The minimum absolute atomic E-state index is 0.281. The minimum atomic E-state index is -0.942. The summed E-state index contributed by atoms with van der Waals surface area (Å²) in [5, 5.41) is 10.1. The maximum atomic E-state index is 11.1. The first-order chi connectivity index (χ1) is 8.47. The molecule has 0 fully saturated rings. The third kappa shape index (κ3) is 2.66. The molecule has 0 radical (unpaired) electrons. The fourth-order valence-corrected chi connectivity index (χ4v) is 2.28. The molecule has 2 rings (SSSR count). The normalized spacial score (nSPS) is 10.4. The molecule has 0 spiro atoms. The number of carbonyl (C=O) groups is 1. The summed E-state index contributed by atoms with van der Waals surface area (Å²) in [6, 6.07) is 10.4. The molecule has 0 aliphatic carbocycles. The summed E-state index contributed by atoms with van der Waals surface area (Å²) < 4.78 is 0. The number of aryl methyl sites for hydroxylation is 1. The second-order valence-electron chi connectivity index (χ2n) is 3.99. The minimum Gasteiger partial charge on any atom is -0.478 e. The molecule has 0 saturated heterocycles. The van der Waals surface area contributed by atoms with Crippen LogP contribution in [0.5, 0.6) is 0 Å². The van der Waals surface area contributed by atoms with Crippen molar-refractivity contribution < 1.29 is 9.90 Å². The van der Waals surface area contributed by atoms with E-state index >= 15 is 0 Å². The van der Waals surface area contributed by atoms with Crippen LogP contribution in [-0.2, 0) is 0 Å². The standard InChI is InChI=1S/C14H10Cl2O2/c1-8-2-3-9(6-13(8)14(17)18)10-4-11(15)7-12(16)5-10/h2-7H,1H3,(H,17,18). The van der Waals surface area contributed by atoms with Gasteiger partial charge in [0.25, 0.3) is 0 Å². The van der Waals surface area contributed by atoms with Gasteiger partial charge in [-0.25, -0.2) is 4.79 Å². The highest BCUT2D eigenvalue weighted by atomic mass is 35.5. The summed E-state index contributed by atoms with van der Waals surface area (Å²) >= 11 is 11.9. The Hall–Kier alpha value is -1.51. The van der Waals surface area contributed by atoms with Gasteiger partial charge in [-0.05, 0) is 47.9 Å². The summed E-state index contributed by atoms with van der Waals surface area (Å²) in [7, 11) is 0. The Morgan fingerprint density at radius 1 is 1.00 bits per heavy atom. The van der Waals surface area contributed by atoms with Crippen LogP contribution in [0.3, 0.4) is 0 Å². The van der Waals surface area contributed by atoms with Crippen LogP contribution in [0.2, 0.25) is 10.0 Å². The van der Waals surface area contributed by atoms with Crippen molar-refractivity contribution in [3.63, 3.8) is 0 Å². The van der Waals surface area contributed by atoms with E-state index in [1.54, 1.807) is 37.3 Å². The van der Waals surface area contributed by atoms with Crippen molar-refractivity contribution in [3.8, 4) is 11.1 Å². The summed E-state index contributed by atoms with van der Waals surface area (Å²) in [5.41, 5.74) is 2.58. The van der Waals surface area contributed by atoms with Gasteiger partial charge < -0.3 is 5.11 Å². The maximum absolute atomic E-state index is 11.1. The molecule has 2 aromatic carbocycles. The molecule has 0 aromatic heterocycles. The van der Waals surface area contributed by atoms with Crippen molar-refractivity contribution in [1.82, 2.24) is 0 Å². The Bertz CT molecular complexity index is 601. The zero-order chi connectivity index (χ0) is 13.3. The fraction of sp³-hybridized carbons (Fsp3) is 0.0714. The molecular formula is C14H10Cl2O2. The molecule has 0 heterocycles. The van der Waals surface area contributed by atoms with Crippen molar-refractivity contribution in [2.24, 2.45) is 0 Å². The predicted molar refractivity (Wildman–Crippen MR) is 73.6 cm³/mol. The third-order valence-corrected chi connectivity index (χ3v) is 3.10. The van der Waals surface area contributed by atoms with Gasteiger partial charge in [0.15, 0.2) is 0 Å². The number of hydrogen-bond donors (Lipinski definition) is 1. The van der Waals surface area contributed by atoms with E-state index in [9.17, 15) is 4.79 Å². The average molecular weight is 281 g/mol. The molecule has 0 unspecified atom stereocenters. The highest BCUT2D eigenvalue weighted by Gasteiger charge is 2.09. The van der Waals surface area contributed by atoms with Gasteiger partial charge in [0, 0.05) is 10.0 Å². The Balaban J connectivity index is 2.57. The van der Waals surface area contributed by atoms with Gasteiger partial charge in [-0.3, -0.25) is 0 Å². The third-order valence-electron chi connectivity index (χ3n) is 2.66. The molecule has 0 amide bonds. The van der Waals surface area contributed by atoms with Gasteiger partial charge in [0.05, 0.1) is 5.56 Å². The lowest BCUT2D eigenvalue weighted by Crippen LogP contribution is -1.99. The Morgan fingerprint density at radius 2 is 1.61 bits per heavy atom. The monoisotopic (exact) mass is 280 g/mol. The number of rotatable bonds is 2. The SMILES string of the molecule is Cc1ccc(-c2cc(Cl)cc(Cl)c2)cc1C(=O)O. The number of halogens is 2. The Kier molecular flexibility index (Phi) is 3.60. The van der Waals surface area contributed by atoms with E-state index < -0.39 is 5.97 Å². The van der Waals surface area contributed by atoms with Gasteiger partial charge >= 0.3 is 5.97 Å². The van der Waals surface area contributed by atoms with E-state index in [1.807, 2.05) is 6.07 Å². The molecule has 18 heavy (non-hydrogen) atoms. The summed E-state index contributed by atoms with van der Waals surface area (Å²) in [6.07, 6.45) is 0. The molecule has 4 heteroatoms. The first-order valence-corrected chi connectivity index (χ1v) is 6.03. The second-order valence-corrected chi connectivity index (χ2v) is 4.87. The largest absolute Gasteiger partial charge is 0.478 e. The zero-order valence-corrected chi connectivity index (χ0v) is 11.1. The Labute approximate surface area is 115 Å². The highest BCUT2D eigenvalue weighted by Crippen LogP contribution is 2.28. The van der Waals surface area contributed by atoms with E-state index in [4.69, 9.17) is 28.3 Å². The lowest BCUT2D eigenvalue weighted by atomic mass is 10.00. The first-order valence-electron chi connectivity index (χ1n) is 5.28. The van der Waals surface area contributed by atoms with E-state index in [0.717, 1.165) is 16.7 Å². The van der Waals surface area contributed by atoms with Crippen LogP contribution in [0.4, 0.5) is 0 Å². The molecule has 1 N–H and O–H groups in total. The van der Waals surface area contributed by atoms with E-state index in [0.29, 0.717) is 10.0 Å². The van der Waals surface area contributed by atoms with Crippen LogP contribution < -0.4 is 0 Å². The molecule has 92 valence electrons. The van der Waals surface area contributed by atoms with Gasteiger partial charge in [0.2, 0.25) is 0 Å². The van der Waals surface area contributed by atoms with E-state index in [2.05, 4.69) is 0 Å². The lowest BCUT2D eigenvalue weighted by Gasteiger charge is -2.07. The van der Waals surface area contributed by atoms with Crippen molar-refractivity contribution in [1.29, 1.82) is 0 Å². The molecule has 2 aromatic rings. The second kappa shape index (κ2) is 5.01. The lowest BCUT2D eigenvalue weighted by molar-refractivity contribution is 0.0696. The topological polar surface area (TPSA) is 37.3 Å². The van der Waals surface area contributed by atoms with E-state index in [1.165, 1.54) is 0 Å². The van der Waals surface area contributed by atoms with E-state index in [-0.39, 0.29) is 5.56 Å². The molecule has 0 aliphatic rings. The van der Waals surface area contributed by atoms with Gasteiger partial charge in [-0.1, -0.05) is 35.3 Å². The smallest absolute Gasteiger partial charge is 0.335 e. The van der Waals surface area contributed by atoms with Crippen molar-refractivity contribution in [3.05, 3.63) is 57.6 Å². The van der Waals surface area contributed by atoms with Crippen molar-refractivity contribution in [2.45, 2.75) is 6.92 Å². The molecular weight excluding hydrogens is 271 g/mol. The van der Waals surface area contributed by atoms with Crippen LogP contribution >= 0.6 is 23.2 Å². The van der Waals surface area contributed by atoms with Crippen LogP contribution in [0.25, 0.3) is 11.1 Å². The van der Waals surface area contributed by atoms with Gasteiger partial charge in [0.1, 0.15) is 0 Å². The van der Waals surface area contributed by atoms with Crippen molar-refractivity contribution >= 4 is 29.2 Å². The number of aromatic carboxylic acids is 1. The summed E-state index contributed by atoms with van der Waals surface area (Å²) in [6.45, 7) is 1.76. The maximum Gasteiger partial charge on any atom is 0.335 e. The quantitative estimate of drug-likeness (QED) is 0.868. The molecule has 0 bridgehead atoms. The number of benzene rings is 2. The van der Waals surface area contributed by atoms with Crippen LogP contribution in [0, 0.1) is 6.92 Å². The van der Waals surface area contributed by atoms with Gasteiger partial charge in [-0.15, -0.1) is 0 Å². The summed E-state index contributed by atoms with van der Waals surface area (Å²) in [5.74, 6) is -0.942. The van der Waals surface area contributed by atoms with Crippen molar-refractivity contribution in [2.75, 3.05) is 0 Å². The number of carboxylic acid groups (broad SMARTS) is 1. The molecule has 0 saturated carbocycles. The fourth-order valence-electron chi connectivity index (χ4n) is 1.75. The highest BCUT2D eigenvalue weighted by molar-refractivity contribution is 6.35. The number of hydrogen-bond acceptors (Lipinski definition) is 1. The zero-order valence-electron chi connectivity index (χ0n) is 9.58.